The minimum absolute atomic E-state index is 0.349. The van der Waals surface area contributed by atoms with E-state index >= 15 is 0 Å². The van der Waals surface area contributed by atoms with E-state index in [0.29, 0.717) is 17.2 Å². The second-order valence-electron chi connectivity index (χ2n) is 5.86. The third kappa shape index (κ3) is 2.71. The van der Waals surface area contributed by atoms with Crippen molar-refractivity contribution < 1.29 is 4.39 Å². The number of halogens is 1. The van der Waals surface area contributed by atoms with Gasteiger partial charge in [-0.05, 0) is 38.1 Å². The fourth-order valence-electron chi connectivity index (χ4n) is 2.78. The van der Waals surface area contributed by atoms with E-state index in [4.69, 9.17) is 0 Å². The smallest absolute Gasteiger partial charge is 0.168 e. The van der Waals surface area contributed by atoms with Crippen LogP contribution in [0.5, 0.6) is 0 Å². The monoisotopic (exact) mass is 333 g/mol. The van der Waals surface area contributed by atoms with Crippen molar-refractivity contribution in [1.29, 1.82) is 0 Å². The summed E-state index contributed by atoms with van der Waals surface area (Å²) in [5.74, 6) is 0.299. The third-order valence-corrected chi connectivity index (χ3v) is 4.03. The number of para-hydroxylation sites is 1. The Bertz CT molecular complexity index is 1050. The first kappa shape index (κ1) is 15.3. The van der Waals surface area contributed by atoms with Crippen molar-refractivity contribution in [1.82, 2.24) is 19.7 Å². The molecule has 25 heavy (non-hydrogen) atoms. The predicted molar refractivity (Wildman–Crippen MR) is 95.8 cm³/mol. The van der Waals surface area contributed by atoms with Gasteiger partial charge < -0.3 is 5.32 Å². The molecule has 6 heteroatoms. The van der Waals surface area contributed by atoms with Gasteiger partial charge in [0.1, 0.15) is 23.6 Å². The van der Waals surface area contributed by atoms with E-state index < -0.39 is 0 Å². The number of hydrogen-bond donors (Lipinski definition) is 1. The molecule has 0 unspecified atom stereocenters. The van der Waals surface area contributed by atoms with E-state index in [1.165, 1.54) is 22.6 Å². The van der Waals surface area contributed by atoms with Crippen molar-refractivity contribution in [2.24, 2.45) is 0 Å². The van der Waals surface area contributed by atoms with E-state index in [0.717, 1.165) is 16.8 Å². The summed E-state index contributed by atoms with van der Waals surface area (Å²) < 4.78 is 15.7. The minimum Gasteiger partial charge on any atom is -0.340 e. The van der Waals surface area contributed by atoms with Crippen molar-refractivity contribution in [3.63, 3.8) is 0 Å². The highest BCUT2D eigenvalue weighted by molar-refractivity contribution is 5.91. The van der Waals surface area contributed by atoms with E-state index in [2.05, 4.69) is 20.4 Å². The molecular weight excluding hydrogens is 317 g/mol. The van der Waals surface area contributed by atoms with Crippen molar-refractivity contribution in [3.05, 3.63) is 71.9 Å². The van der Waals surface area contributed by atoms with Gasteiger partial charge in [0.05, 0.1) is 11.1 Å². The van der Waals surface area contributed by atoms with Gasteiger partial charge in [-0.2, -0.15) is 5.10 Å². The van der Waals surface area contributed by atoms with Gasteiger partial charge in [0.15, 0.2) is 5.65 Å². The lowest BCUT2D eigenvalue weighted by atomic mass is 10.2. The van der Waals surface area contributed by atoms with Gasteiger partial charge in [0.25, 0.3) is 0 Å². The summed E-state index contributed by atoms with van der Waals surface area (Å²) in [5, 5.41) is 8.54. The van der Waals surface area contributed by atoms with Crippen molar-refractivity contribution in [3.8, 4) is 5.69 Å². The van der Waals surface area contributed by atoms with Gasteiger partial charge in [0.2, 0.25) is 0 Å². The van der Waals surface area contributed by atoms with Crippen molar-refractivity contribution in [2.75, 3.05) is 5.32 Å². The first-order valence-electron chi connectivity index (χ1n) is 7.92. The van der Waals surface area contributed by atoms with Crippen LogP contribution < -0.4 is 5.32 Å². The number of benzene rings is 2. The van der Waals surface area contributed by atoms with Gasteiger partial charge in [0, 0.05) is 5.69 Å². The highest BCUT2D eigenvalue weighted by atomic mass is 19.1. The number of nitrogens with one attached hydrogen (secondary N) is 1. The quantitative estimate of drug-likeness (QED) is 0.607. The Kier molecular flexibility index (Phi) is 3.65. The van der Waals surface area contributed by atoms with E-state index in [1.54, 1.807) is 18.2 Å². The molecule has 0 spiro atoms. The predicted octanol–water partition coefficient (Wildman–Crippen LogP) is 4.32. The number of nitrogens with zero attached hydrogens (tertiary/aromatic N) is 4. The van der Waals surface area contributed by atoms with Crippen LogP contribution in [0.15, 0.2) is 54.9 Å². The highest BCUT2D eigenvalue weighted by Crippen LogP contribution is 2.28. The highest BCUT2D eigenvalue weighted by Gasteiger charge is 2.17. The molecule has 2 heterocycles. The lowest BCUT2D eigenvalue weighted by Crippen LogP contribution is -2.01. The van der Waals surface area contributed by atoms with Crippen LogP contribution in [-0.2, 0) is 0 Å². The van der Waals surface area contributed by atoms with Gasteiger partial charge in [-0.3, -0.25) is 0 Å². The molecule has 0 saturated heterocycles. The molecule has 0 amide bonds. The molecule has 2 aromatic heterocycles. The fraction of sp³-hybridized carbons (Fsp3) is 0.105. The third-order valence-electron chi connectivity index (χ3n) is 4.03. The molecule has 124 valence electrons. The van der Waals surface area contributed by atoms with Crippen LogP contribution in [0.3, 0.4) is 0 Å². The zero-order chi connectivity index (χ0) is 17.4. The lowest BCUT2D eigenvalue weighted by Gasteiger charge is -2.08. The Balaban J connectivity index is 1.85. The topological polar surface area (TPSA) is 55.6 Å². The number of hydrogen-bond acceptors (Lipinski definition) is 4. The molecule has 5 nitrogen and oxygen atoms in total. The average molecular weight is 333 g/mol. The largest absolute Gasteiger partial charge is 0.340 e. The summed E-state index contributed by atoms with van der Waals surface area (Å²) in [5.41, 5.74) is 3.76. The zero-order valence-corrected chi connectivity index (χ0v) is 13.9. The molecule has 0 aliphatic carbocycles. The number of aromatic nitrogens is 4. The minimum atomic E-state index is -0.349. The number of anilines is 2. The molecule has 1 N–H and O–H groups in total. The molecule has 0 saturated carbocycles. The summed E-state index contributed by atoms with van der Waals surface area (Å²) in [7, 11) is 0. The second-order valence-corrected chi connectivity index (χ2v) is 5.86. The van der Waals surface area contributed by atoms with Crippen LogP contribution in [0.25, 0.3) is 16.7 Å². The standard InChI is InChI=1S/C19H16FN5/c1-12-7-9-14(10-8-12)23-18-17-13(2)24-25(19(17)22-11-21-18)16-6-4-3-5-15(16)20/h3-11H,1-2H3,(H,21,22,23). The number of fused-ring (bicyclic) bond motifs is 1. The molecule has 0 aliphatic rings. The van der Waals surface area contributed by atoms with Crippen molar-refractivity contribution in [2.45, 2.75) is 13.8 Å². The molecule has 0 fully saturated rings. The Morgan fingerprint density at radius 1 is 0.960 bits per heavy atom. The first-order chi connectivity index (χ1) is 12.1. The first-order valence-corrected chi connectivity index (χ1v) is 7.92. The number of rotatable bonds is 3. The maximum absolute atomic E-state index is 14.2. The van der Waals surface area contributed by atoms with Crippen LogP contribution >= 0.6 is 0 Å². The maximum atomic E-state index is 14.2. The maximum Gasteiger partial charge on any atom is 0.168 e. The summed E-state index contributed by atoms with van der Waals surface area (Å²) in [6, 6.07) is 14.5. The molecule has 0 atom stereocenters. The normalized spacial score (nSPS) is 11.0. The summed E-state index contributed by atoms with van der Waals surface area (Å²) >= 11 is 0. The summed E-state index contributed by atoms with van der Waals surface area (Å²) in [6.45, 7) is 3.90. The molecule has 2 aromatic carbocycles. The second kappa shape index (κ2) is 5.98. The molecular formula is C19H16FN5. The van der Waals surface area contributed by atoms with Crippen LogP contribution in [0, 0.1) is 19.7 Å². The van der Waals surface area contributed by atoms with Crippen LogP contribution in [0.4, 0.5) is 15.9 Å². The average Bonchev–Trinajstić information content (AvgIpc) is 2.95. The molecule has 4 rings (SSSR count). The Labute approximate surface area is 144 Å². The van der Waals surface area contributed by atoms with Crippen LogP contribution in [0.2, 0.25) is 0 Å². The Morgan fingerprint density at radius 2 is 1.72 bits per heavy atom. The van der Waals surface area contributed by atoms with Crippen molar-refractivity contribution >= 4 is 22.5 Å². The van der Waals surface area contributed by atoms with Gasteiger partial charge >= 0.3 is 0 Å². The van der Waals surface area contributed by atoms with Gasteiger partial charge in [-0.15, -0.1) is 0 Å². The number of aryl methyl sites for hydroxylation is 2. The SMILES string of the molecule is Cc1ccc(Nc2ncnc3c2c(C)nn3-c2ccccc2F)cc1. The zero-order valence-electron chi connectivity index (χ0n) is 13.9. The summed E-state index contributed by atoms with van der Waals surface area (Å²) in [6.07, 6.45) is 1.46. The van der Waals surface area contributed by atoms with Crippen LogP contribution in [0.1, 0.15) is 11.3 Å². The Morgan fingerprint density at radius 3 is 2.48 bits per heavy atom. The molecule has 0 aliphatic heterocycles. The fourth-order valence-corrected chi connectivity index (χ4v) is 2.78. The molecule has 0 radical (unpaired) electrons. The van der Waals surface area contributed by atoms with E-state index in [-0.39, 0.29) is 5.82 Å². The summed E-state index contributed by atoms with van der Waals surface area (Å²) in [4.78, 5) is 8.66. The van der Waals surface area contributed by atoms with E-state index in [1.807, 2.05) is 38.1 Å². The van der Waals surface area contributed by atoms with Gasteiger partial charge in [-0.25, -0.2) is 19.0 Å². The lowest BCUT2D eigenvalue weighted by molar-refractivity contribution is 0.612. The Hall–Kier alpha value is -3.28. The van der Waals surface area contributed by atoms with Crippen LogP contribution in [-0.4, -0.2) is 19.7 Å². The van der Waals surface area contributed by atoms with E-state index in [9.17, 15) is 4.39 Å². The molecule has 0 bridgehead atoms. The van der Waals surface area contributed by atoms with Gasteiger partial charge in [-0.1, -0.05) is 29.8 Å². The molecule has 4 aromatic rings.